The summed E-state index contributed by atoms with van der Waals surface area (Å²) in [4.78, 5) is 32.5. The van der Waals surface area contributed by atoms with Crippen LogP contribution in [0.25, 0.3) is 11.0 Å². The van der Waals surface area contributed by atoms with E-state index in [1.54, 1.807) is 4.57 Å². The average molecular weight is 421 g/mol. The van der Waals surface area contributed by atoms with Gasteiger partial charge in [0.15, 0.2) is 5.82 Å². The summed E-state index contributed by atoms with van der Waals surface area (Å²) in [5.41, 5.74) is 2.06. The average Bonchev–Trinajstić information content (AvgIpc) is 3.31. The Labute approximate surface area is 181 Å². The molecular formula is C24H28N4O3. The highest BCUT2D eigenvalue weighted by molar-refractivity contribution is 5.91. The van der Waals surface area contributed by atoms with Gasteiger partial charge in [0.25, 0.3) is 5.56 Å². The Hall–Kier alpha value is -3.35. The van der Waals surface area contributed by atoms with Crippen molar-refractivity contribution >= 4 is 28.4 Å². The van der Waals surface area contributed by atoms with Crippen LogP contribution in [0.1, 0.15) is 32.6 Å². The second kappa shape index (κ2) is 9.64. The van der Waals surface area contributed by atoms with Crippen LogP contribution in [0.3, 0.4) is 0 Å². The number of nitrogens with zero attached hydrogens (tertiary/aromatic N) is 3. The summed E-state index contributed by atoms with van der Waals surface area (Å²) in [6, 6.07) is 15.0. The minimum atomic E-state index is -0.150. The third-order valence-corrected chi connectivity index (χ3v) is 5.39. The Morgan fingerprint density at radius 1 is 1.13 bits per heavy atom. The lowest BCUT2D eigenvalue weighted by Crippen LogP contribution is -2.32. The Morgan fingerprint density at radius 2 is 1.94 bits per heavy atom. The molecule has 1 fully saturated rings. The number of amides is 1. The van der Waals surface area contributed by atoms with E-state index >= 15 is 0 Å². The Bertz CT molecular complexity index is 1120. The van der Waals surface area contributed by atoms with Gasteiger partial charge in [-0.25, -0.2) is 4.98 Å². The molecule has 1 aromatic heterocycles. The molecule has 1 aliphatic rings. The first-order valence-corrected chi connectivity index (χ1v) is 10.9. The summed E-state index contributed by atoms with van der Waals surface area (Å²) in [5.74, 6) is 1.06. The monoisotopic (exact) mass is 420 g/mol. The van der Waals surface area contributed by atoms with Gasteiger partial charge in [0, 0.05) is 37.8 Å². The fourth-order valence-corrected chi connectivity index (χ4v) is 3.86. The van der Waals surface area contributed by atoms with Crippen molar-refractivity contribution in [2.75, 3.05) is 29.9 Å². The Balaban J connectivity index is 1.51. The van der Waals surface area contributed by atoms with Gasteiger partial charge in [-0.1, -0.05) is 25.1 Å². The molecule has 0 aliphatic carbocycles. The molecule has 0 radical (unpaired) electrons. The molecule has 0 spiro atoms. The molecular weight excluding hydrogens is 392 g/mol. The van der Waals surface area contributed by atoms with E-state index in [1.165, 1.54) is 0 Å². The molecule has 4 rings (SSSR count). The van der Waals surface area contributed by atoms with Crippen molar-refractivity contribution in [3.63, 3.8) is 0 Å². The molecule has 1 saturated heterocycles. The van der Waals surface area contributed by atoms with Crippen LogP contribution in [0.5, 0.6) is 5.75 Å². The number of benzene rings is 2. The molecule has 1 N–H and O–H groups in total. The number of para-hydroxylation sites is 2. The van der Waals surface area contributed by atoms with E-state index < -0.39 is 0 Å². The zero-order valence-electron chi connectivity index (χ0n) is 17.8. The van der Waals surface area contributed by atoms with Crippen molar-refractivity contribution in [1.82, 2.24) is 9.55 Å². The van der Waals surface area contributed by atoms with Crippen LogP contribution >= 0.6 is 0 Å². The molecule has 1 amide bonds. The number of hydrogen-bond donors (Lipinski definition) is 1. The number of aromatic nitrogens is 2. The van der Waals surface area contributed by atoms with Gasteiger partial charge < -0.3 is 19.5 Å². The maximum absolute atomic E-state index is 13.2. The summed E-state index contributed by atoms with van der Waals surface area (Å²) in [6.07, 6.45) is 3.24. The SMILES string of the molecule is CCCOc1cccc(NC(=O)CCn2c(=O)c(N3CCCC3)nc3ccccc32)c1. The fraction of sp³-hybridized carbons (Fsp3) is 0.375. The van der Waals surface area contributed by atoms with Crippen LogP contribution in [-0.4, -0.2) is 35.2 Å². The first-order chi connectivity index (χ1) is 15.2. The smallest absolute Gasteiger partial charge is 0.294 e. The zero-order valence-corrected chi connectivity index (χ0v) is 17.8. The van der Waals surface area contributed by atoms with Crippen LogP contribution in [-0.2, 0) is 11.3 Å². The van der Waals surface area contributed by atoms with E-state index in [0.29, 0.717) is 24.7 Å². The maximum Gasteiger partial charge on any atom is 0.294 e. The number of fused-ring (bicyclic) bond motifs is 1. The van der Waals surface area contributed by atoms with E-state index in [9.17, 15) is 9.59 Å². The number of nitrogens with one attached hydrogen (secondary N) is 1. The van der Waals surface area contributed by atoms with Crippen molar-refractivity contribution in [1.29, 1.82) is 0 Å². The molecule has 7 nitrogen and oxygen atoms in total. The molecule has 3 aromatic rings. The van der Waals surface area contributed by atoms with Gasteiger partial charge in [0.2, 0.25) is 5.91 Å². The largest absolute Gasteiger partial charge is 0.494 e. The van der Waals surface area contributed by atoms with Crippen molar-refractivity contribution in [2.45, 2.75) is 39.2 Å². The maximum atomic E-state index is 13.2. The van der Waals surface area contributed by atoms with Crippen molar-refractivity contribution < 1.29 is 9.53 Å². The van der Waals surface area contributed by atoms with Gasteiger partial charge in [-0.2, -0.15) is 0 Å². The summed E-state index contributed by atoms with van der Waals surface area (Å²) in [5, 5.41) is 2.91. The van der Waals surface area contributed by atoms with Crippen LogP contribution in [0.15, 0.2) is 53.3 Å². The van der Waals surface area contributed by atoms with E-state index in [2.05, 4.69) is 10.3 Å². The number of hydrogen-bond acceptors (Lipinski definition) is 5. The van der Waals surface area contributed by atoms with Gasteiger partial charge in [-0.3, -0.25) is 9.59 Å². The van der Waals surface area contributed by atoms with E-state index in [4.69, 9.17) is 4.74 Å². The fourth-order valence-electron chi connectivity index (χ4n) is 3.86. The first kappa shape index (κ1) is 20.9. The molecule has 0 atom stereocenters. The Morgan fingerprint density at radius 3 is 2.74 bits per heavy atom. The zero-order chi connectivity index (χ0) is 21.6. The summed E-state index contributed by atoms with van der Waals surface area (Å²) < 4.78 is 7.30. The van der Waals surface area contributed by atoms with Gasteiger partial charge in [0.05, 0.1) is 17.6 Å². The van der Waals surface area contributed by atoms with Gasteiger partial charge in [-0.05, 0) is 43.5 Å². The molecule has 2 aromatic carbocycles. The molecule has 0 saturated carbocycles. The Kier molecular flexibility index (Phi) is 6.50. The predicted octanol–water partition coefficient (Wildman–Crippen LogP) is 3.81. The topological polar surface area (TPSA) is 76.5 Å². The normalized spacial score (nSPS) is 13.5. The third kappa shape index (κ3) is 4.87. The van der Waals surface area contributed by atoms with Gasteiger partial charge >= 0.3 is 0 Å². The first-order valence-electron chi connectivity index (χ1n) is 10.9. The molecule has 0 bridgehead atoms. The molecule has 2 heterocycles. The number of rotatable bonds is 8. The number of anilines is 2. The lowest BCUT2D eigenvalue weighted by molar-refractivity contribution is -0.116. The lowest BCUT2D eigenvalue weighted by Gasteiger charge is -2.19. The number of carbonyl (C=O) groups excluding carboxylic acids is 1. The standard InChI is InChI=1S/C24H28N4O3/c1-2-16-31-19-9-7-8-18(17-19)25-22(29)12-15-28-21-11-4-3-10-20(21)26-23(24(28)30)27-13-5-6-14-27/h3-4,7-11,17H,2,5-6,12-16H2,1H3,(H,25,29). The highest BCUT2D eigenvalue weighted by atomic mass is 16.5. The van der Waals surface area contributed by atoms with Gasteiger partial charge in [0.1, 0.15) is 5.75 Å². The van der Waals surface area contributed by atoms with Crippen LogP contribution in [0, 0.1) is 0 Å². The second-order valence-corrected chi connectivity index (χ2v) is 7.75. The lowest BCUT2D eigenvalue weighted by atomic mass is 10.2. The molecule has 1 aliphatic heterocycles. The van der Waals surface area contributed by atoms with Crippen molar-refractivity contribution in [2.24, 2.45) is 0 Å². The quantitative estimate of drug-likeness (QED) is 0.600. The minimum absolute atomic E-state index is 0.136. The number of aryl methyl sites for hydroxylation is 1. The van der Waals surface area contributed by atoms with Crippen LogP contribution in [0.2, 0.25) is 0 Å². The number of ether oxygens (including phenoxy) is 1. The minimum Gasteiger partial charge on any atom is -0.494 e. The molecule has 7 heteroatoms. The van der Waals surface area contributed by atoms with Crippen molar-refractivity contribution in [3.8, 4) is 5.75 Å². The summed E-state index contributed by atoms with van der Waals surface area (Å²) in [7, 11) is 0. The molecule has 162 valence electrons. The highest BCUT2D eigenvalue weighted by Crippen LogP contribution is 2.20. The van der Waals surface area contributed by atoms with E-state index in [-0.39, 0.29) is 17.9 Å². The van der Waals surface area contributed by atoms with Crippen LogP contribution in [0.4, 0.5) is 11.5 Å². The number of carbonyl (C=O) groups is 1. The predicted molar refractivity (Wildman–Crippen MR) is 123 cm³/mol. The van der Waals surface area contributed by atoms with Crippen molar-refractivity contribution in [3.05, 3.63) is 58.9 Å². The second-order valence-electron chi connectivity index (χ2n) is 7.75. The summed E-state index contributed by atoms with van der Waals surface area (Å²) in [6.45, 7) is 4.66. The van der Waals surface area contributed by atoms with E-state index in [0.717, 1.165) is 49.1 Å². The van der Waals surface area contributed by atoms with Crippen LogP contribution < -0.4 is 20.5 Å². The van der Waals surface area contributed by atoms with E-state index in [1.807, 2.05) is 60.4 Å². The third-order valence-electron chi connectivity index (χ3n) is 5.39. The molecule has 0 unspecified atom stereocenters. The van der Waals surface area contributed by atoms with Gasteiger partial charge in [-0.15, -0.1) is 0 Å². The highest BCUT2D eigenvalue weighted by Gasteiger charge is 2.20. The summed E-state index contributed by atoms with van der Waals surface area (Å²) >= 11 is 0. The molecule has 31 heavy (non-hydrogen) atoms.